The van der Waals surface area contributed by atoms with Crippen LogP contribution in [0, 0.1) is 0 Å². The summed E-state index contributed by atoms with van der Waals surface area (Å²) in [6, 6.07) is 2.85. The Morgan fingerprint density at radius 1 is 1.56 bits per heavy atom. The molecule has 0 aliphatic heterocycles. The minimum absolute atomic E-state index is 0.854. The molecule has 3 nitrogen and oxygen atoms in total. The molecule has 1 N–H and O–H groups in total. The SMILES string of the molecule is CCN(CCNc1ccncc1Br)C1CC1. The van der Waals surface area contributed by atoms with Crippen LogP contribution in [-0.2, 0) is 0 Å². The minimum Gasteiger partial charge on any atom is -0.383 e. The Hall–Kier alpha value is -0.610. The maximum Gasteiger partial charge on any atom is 0.0590 e. The molecular weight excluding hydrogens is 266 g/mol. The molecule has 0 radical (unpaired) electrons. The number of pyridine rings is 1. The lowest BCUT2D eigenvalue weighted by atomic mass is 10.4. The molecule has 1 aromatic rings. The molecule has 2 rings (SSSR count). The van der Waals surface area contributed by atoms with Crippen LogP contribution in [0.2, 0.25) is 0 Å². The van der Waals surface area contributed by atoms with E-state index in [0.29, 0.717) is 0 Å². The van der Waals surface area contributed by atoms with Crippen molar-refractivity contribution in [2.24, 2.45) is 0 Å². The number of aromatic nitrogens is 1. The number of halogens is 1. The molecule has 88 valence electrons. The predicted molar refractivity (Wildman–Crippen MR) is 70.7 cm³/mol. The van der Waals surface area contributed by atoms with Crippen LogP contribution >= 0.6 is 15.9 Å². The second kappa shape index (κ2) is 5.64. The highest BCUT2D eigenvalue weighted by atomic mass is 79.9. The number of hydrogen-bond acceptors (Lipinski definition) is 3. The average Bonchev–Trinajstić information content (AvgIpc) is 3.11. The maximum absolute atomic E-state index is 4.05. The van der Waals surface area contributed by atoms with Crippen LogP contribution in [0.3, 0.4) is 0 Å². The Morgan fingerprint density at radius 2 is 2.38 bits per heavy atom. The largest absolute Gasteiger partial charge is 0.383 e. The van der Waals surface area contributed by atoms with Crippen LogP contribution in [0.15, 0.2) is 22.9 Å². The van der Waals surface area contributed by atoms with Gasteiger partial charge in [0.1, 0.15) is 0 Å². The van der Waals surface area contributed by atoms with Crippen LogP contribution in [0.1, 0.15) is 19.8 Å². The summed E-state index contributed by atoms with van der Waals surface area (Å²) < 4.78 is 1.03. The second-order valence-electron chi connectivity index (χ2n) is 4.14. The van der Waals surface area contributed by atoms with E-state index in [1.54, 1.807) is 0 Å². The minimum atomic E-state index is 0.854. The van der Waals surface area contributed by atoms with E-state index in [1.807, 2.05) is 18.5 Å². The summed E-state index contributed by atoms with van der Waals surface area (Å²) in [5.41, 5.74) is 1.13. The molecule has 1 aliphatic rings. The van der Waals surface area contributed by atoms with Gasteiger partial charge in [-0.25, -0.2) is 0 Å². The van der Waals surface area contributed by atoms with Crippen molar-refractivity contribution in [2.75, 3.05) is 25.0 Å². The Balaban J connectivity index is 1.77. The first-order valence-corrected chi connectivity index (χ1v) is 6.68. The first-order valence-electron chi connectivity index (χ1n) is 5.88. The fourth-order valence-corrected chi connectivity index (χ4v) is 2.28. The number of likely N-dealkylation sites (N-methyl/N-ethyl adjacent to an activating group) is 1. The molecule has 0 amide bonds. The molecule has 0 atom stereocenters. The van der Waals surface area contributed by atoms with E-state index >= 15 is 0 Å². The summed E-state index contributed by atoms with van der Waals surface area (Å²) >= 11 is 3.48. The second-order valence-corrected chi connectivity index (χ2v) is 5.00. The van der Waals surface area contributed by atoms with E-state index in [0.717, 1.165) is 35.8 Å². The molecule has 1 aromatic heterocycles. The molecule has 0 spiro atoms. The number of nitrogens with one attached hydrogen (secondary N) is 1. The van der Waals surface area contributed by atoms with Gasteiger partial charge in [-0.3, -0.25) is 9.88 Å². The highest BCUT2D eigenvalue weighted by Crippen LogP contribution is 2.26. The number of nitrogens with zero attached hydrogens (tertiary/aromatic N) is 2. The van der Waals surface area contributed by atoms with Crippen molar-refractivity contribution in [2.45, 2.75) is 25.8 Å². The van der Waals surface area contributed by atoms with Gasteiger partial charge in [0.15, 0.2) is 0 Å². The van der Waals surface area contributed by atoms with Gasteiger partial charge < -0.3 is 5.32 Å². The van der Waals surface area contributed by atoms with Crippen LogP contribution in [0.4, 0.5) is 5.69 Å². The monoisotopic (exact) mass is 283 g/mol. The van der Waals surface area contributed by atoms with E-state index in [9.17, 15) is 0 Å². The lowest BCUT2D eigenvalue weighted by Crippen LogP contribution is -2.30. The molecule has 0 aromatic carbocycles. The van der Waals surface area contributed by atoms with Crippen molar-refractivity contribution in [3.8, 4) is 0 Å². The highest BCUT2D eigenvalue weighted by Gasteiger charge is 2.27. The molecule has 0 unspecified atom stereocenters. The number of rotatable bonds is 6. The zero-order chi connectivity index (χ0) is 11.4. The summed E-state index contributed by atoms with van der Waals surface area (Å²) in [6.07, 6.45) is 6.39. The van der Waals surface area contributed by atoms with Gasteiger partial charge >= 0.3 is 0 Å². The van der Waals surface area contributed by atoms with Crippen molar-refractivity contribution < 1.29 is 0 Å². The third-order valence-electron chi connectivity index (χ3n) is 2.96. The zero-order valence-corrected chi connectivity index (χ0v) is 11.2. The van der Waals surface area contributed by atoms with Crippen molar-refractivity contribution in [1.29, 1.82) is 0 Å². The molecule has 1 heterocycles. The summed E-state index contributed by atoms with van der Waals surface area (Å²) in [4.78, 5) is 6.59. The standard InChI is InChI=1S/C12H18BrN3/c1-2-16(10-3-4-10)8-7-15-12-5-6-14-9-11(12)13/h5-6,9-10H,2-4,7-8H2,1H3,(H,14,15). The third-order valence-corrected chi connectivity index (χ3v) is 3.59. The molecule has 0 saturated heterocycles. The topological polar surface area (TPSA) is 28.2 Å². The van der Waals surface area contributed by atoms with Crippen molar-refractivity contribution >= 4 is 21.6 Å². The first-order chi connectivity index (χ1) is 7.81. The van der Waals surface area contributed by atoms with Crippen molar-refractivity contribution in [1.82, 2.24) is 9.88 Å². The van der Waals surface area contributed by atoms with Crippen LogP contribution in [0.25, 0.3) is 0 Å². The highest BCUT2D eigenvalue weighted by molar-refractivity contribution is 9.10. The molecular formula is C12H18BrN3. The normalized spacial score (nSPS) is 15.4. The van der Waals surface area contributed by atoms with Gasteiger partial charge in [-0.05, 0) is 41.4 Å². The van der Waals surface area contributed by atoms with E-state index in [-0.39, 0.29) is 0 Å². The average molecular weight is 284 g/mol. The summed E-state index contributed by atoms with van der Waals surface area (Å²) in [5, 5.41) is 3.43. The molecule has 16 heavy (non-hydrogen) atoms. The van der Waals surface area contributed by atoms with Gasteiger partial charge in [0.05, 0.1) is 10.2 Å². The van der Waals surface area contributed by atoms with Gasteiger partial charge in [0.25, 0.3) is 0 Å². The van der Waals surface area contributed by atoms with E-state index in [2.05, 4.69) is 38.1 Å². The molecule has 1 saturated carbocycles. The van der Waals surface area contributed by atoms with E-state index in [4.69, 9.17) is 0 Å². The fourth-order valence-electron chi connectivity index (χ4n) is 1.89. The van der Waals surface area contributed by atoms with Gasteiger partial charge in [-0.2, -0.15) is 0 Å². The zero-order valence-electron chi connectivity index (χ0n) is 9.62. The first kappa shape index (κ1) is 11.9. The Kier molecular flexibility index (Phi) is 4.18. The van der Waals surface area contributed by atoms with Crippen molar-refractivity contribution in [3.63, 3.8) is 0 Å². The smallest absolute Gasteiger partial charge is 0.0590 e. The number of hydrogen-bond donors (Lipinski definition) is 1. The van der Waals surface area contributed by atoms with Crippen LogP contribution < -0.4 is 5.32 Å². The van der Waals surface area contributed by atoms with Crippen molar-refractivity contribution in [3.05, 3.63) is 22.9 Å². The lowest BCUT2D eigenvalue weighted by Gasteiger charge is -2.20. The van der Waals surface area contributed by atoms with Crippen LogP contribution in [0.5, 0.6) is 0 Å². The molecule has 1 aliphatic carbocycles. The van der Waals surface area contributed by atoms with Gasteiger partial charge in [-0.15, -0.1) is 0 Å². The van der Waals surface area contributed by atoms with Gasteiger partial charge in [-0.1, -0.05) is 6.92 Å². The third kappa shape index (κ3) is 3.19. The maximum atomic E-state index is 4.05. The Labute approximate surface area is 105 Å². The summed E-state index contributed by atoms with van der Waals surface area (Å²) in [6.45, 7) is 5.51. The summed E-state index contributed by atoms with van der Waals surface area (Å²) in [5.74, 6) is 0. The quantitative estimate of drug-likeness (QED) is 0.870. The van der Waals surface area contributed by atoms with Gasteiger partial charge in [0, 0.05) is 31.5 Å². The molecule has 4 heteroatoms. The lowest BCUT2D eigenvalue weighted by molar-refractivity contribution is 0.289. The van der Waals surface area contributed by atoms with E-state index < -0.39 is 0 Å². The molecule has 0 bridgehead atoms. The Bertz CT molecular complexity index is 339. The number of anilines is 1. The predicted octanol–water partition coefficient (Wildman–Crippen LogP) is 2.74. The summed E-state index contributed by atoms with van der Waals surface area (Å²) in [7, 11) is 0. The fraction of sp³-hybridized carbons (Fsp3) is 0.583. The van der Waals surface area contributed by atoms with Crippen LogP contribution in [-0.4, -0.2) is 35.6 Å². The molecule has 1 fully saturated rings. The Morgan fingerprint density at radius 3 is 3.00 bits per heavy atom. The van der Waals surface area contributed by atoms with Gasteiger partial charge in [0.2, 0.25) is 0 Å². The van der Waals surface area contributed by atoms with E-state index in [1.165, 1.54) is 12.8 Å².